The molecule has 0 aliphatic heterocycles. The predicted molar refractivity (Wildman–Crippen MR) is 56.4 cm³/mol. The van der Waals surface area contributed by atoms with Crippen LogP contribution in [0.1, 0.15) is 19.3 Å². The van der Waals surface area contributed by atoms with Gasteiger partial charge in [-0.1, -0.05) is 0 Å². The van der Waals surface area contributed by atoms with Gasteiger partial charge in [0.2, 0.25) is 0 Å². The SMILES string of the molecule is COC(OC)[C@@H]1CC[C@H](C(OC)OC)C1. The van der Waals surface area contributed by atoms with Crippen LogP contribution in [0.4, 0.5) is 0 Å². The Morgan fingerprint density at radius 2 is 1.07 bits per heavy atom. The van der Waals surface area contributed by atoms with Crippen LogP contribution < -0.4 is 0 Å². The molecule has 1 rings (SSSR count). The lowest BCUT2D eigenvalue weighted by atomic mass is 10.0. The zero-order valence-electron chi connectivity index (χ0n) is 10.1. The highest BCUT2D eigenvalue weighted by Gasteiger charge is 2.35. The van der Waals surface area contributed by atoms with Crippen molar-refractivity contribution in [1.82, 2.24) is 0 Å². The van der Waals surface area contributed by atoms with Crippen molar-refractivity contribution in [3.8, 4) is 0 Å². The zero-order valence-corrected chi connectivity index (χ0v) is 10.1. The fourth-order valence-electron chi connectivity index (χ4n) is 2.51. The topological polar surface area (TPSA) is 36.9 Å². The minimum absolute atomic E-state index is 0.0932. The third-order valence-electron chi connectivity index (χ3n) is 3.21. The molecule has 0 aromatic carbocycles. The van der Waals surface area contributed by atoms with E-state index in [0.717, 1.165) is 19.3 Å². The molecule has 1 saturated carbocycles. The minimum atomic E-state index is -0.0932. The van der Waals surface area contributed by atoms with Crippen molar-refractivity contribution in [3.05, 3.63) is 0 Å². The van der Waals surface area contributed by atoms with E-state index in [9.17, 15) is 0 Å². The molecule has 90 valence electrons. The van der Waals surface area contributed by atoms with Gasteiger partial charge < -0.3 is 18.9 Å². The molecule has 0 bridgehead atoms. The van der Waals surface area contributed by atoms with Crippen LogP contribution in [0, 0.1) is 11.8 Å². The molecule has 0 unspecified atom stereocenters. The van der Waals surface area contributed by atoms with E-state index in [-0.39, 0.29) is 12.6 Å². The maximum absolute atomic E-state index is 5.27. The van der Waals surface area contributed by atoms with Crippen molar-refractivity contribution in [3.63, 3.8) is 0 Å². The van der Waals surface area contributed by atoms with Crippen molar-refractivity contribution in [2.45, 2.75) is 31.8 Å². The van der Waals surface area contributed by atoms with Crippen LogP contribution in [0.5, 0.6) is 0 Å². The van der Waals surface area contributed by atoms with Gasteiger partial charge in [-0.3, -0.25) is 0 Å². The summed E-state index contributed by atoms with van der Waals surface area (Å²) in [5, 5.41) is 0. The standard InChI is InChI=1S/C11H22O4/c1-12-10(13-2)8-5-6-9(7-8)11(14-3)15-4/h8-11H,5-7H2,1-4H3/t8-,9+. The summed E-state index contributed by atoms with van der Waals surface area (Å²) in [5.41, 5.74) is 0. The Balaban J connectivity index is 2.43. The summed E-state index contributed by atoms with van der Waals surface area (Å²) in [4.78, 5) is 0. The Morgan fingerprint density at radius 1 is 0.733 bits per heavy atom. The lowest BCUT2D eigenvalue weighted by Gasteiger charge is -2.23. The number of hydrogen-bond acceptors (Lipinski definition) is 4. The first-order chi connectivity index (χ1) is 7.26. The molecule has 1 aliphatic carbocycles. The van der Waals surface area contributed by atoms with Gasteiger partial charge in [-0.05, 0) is 19.3 Å². The van der Waals surface area contributed by atoms with E-state index < -0.39 is 0 Å². The maximum atomic E-state index is 5.27. The second kappa shape index (κ2) is 6.43. The van der Waals surface area contributed by atoms with Gasteiger partial charge in [0.25, 0.3) is 0 Å². The van der Waals surface area contributed by atoms with Crippen LogP contribution in [0.3, 0.4) is 0 Å². The minimum Gasteiger partial charge on any atom is -0.356 e. The molecule has 2 atom stereocenters. The average molecular weight is 218 g/mol. The highest BCUT2D eigenvalue weighted by Crippen LogP contribution is 2.37. The average Bonchev–Trinajstić information content (AvgIpc) is 2.71. The summed E-state index contributed by atoms with van der Waals surface area (Å²) in [7, 11) is 6.74. The molecule has 0 N–H and O–H groups in total. The van der Waals surface area contributed by atoms with Crippen molar-refractivity contribution in [1.29, 1.82) is 0 Å². The molecule has 0 aromatic rings. The molecule has 0 saturated heterocycles. The Labute approximate surface area is 91.8 Å². The van der Waals surface area contributed by atoms with Gasteiger partial charge in [-0.15, -0.1) is 0 Å². The molecular weight excluding hydrogens is 196 g/mol. The zero-order chi connectivity index (χ0) is 11.3. The Hall–Kier alpha value is -0.160. The van der Waals surface area contributed by atoms with Gasteiger partial charge in [-0.2, -0.15) is 0 Å². The summed E-state index contributed by atoms with van der Waals surface area (Å²) in [6, 6.07) is 0. The smallest absolute Gasteiger partial charge is 0.159 e. The normalized spacial score (nSPS) is 26.8. The Kier molecular flexibility index (Phi) is 5.53. The van der Waals surface area contributed by atoms with E-state index in [4.69, 9.17) is 18.9 Å². The lowest BCUT2D eigenvalue weighted by molar-refractivity contribution is -0.151. The van der Waals surface area contributed by atoms with E-state index in [2.05, 4.69) is 0 Å². The number of ether oxygens (including phenoxy) is 4. The third-order valence-corrected chi connectivity index (χ3v) is 3.21. The van der Waals surface area contributed by atoms with Gasteiger partial charge in [0.15, 0.2) is 12.6 Å². The summed E-state index contributed by atoms with van der Waals surface area (Å²) in [6.45, 7) is 0. The van der Waals surface area contributed by atoms with Gasteiger partial charge in [0, 0.05) is 40.3 Å². The summed E-state index contributed by atoms with van der Waals surface area (Å²) < 4.78 is 21.1. The van der Waals surface area contributed by atoms with Crippen LogP contribution in [0.2, 0.25) is 0 Å². The lowest BCUT2D eigenvalue weighted by Crippen LogP contribution is -2.26. The van der Waals surface area contributed by atoms with Crippen LogP contribution >= 0.6 is 0 Å². The largest absolute Gasteiger partial charge is 0.356 e. The summed E-state index contributed by atoms with van der Waals surface area (Å²) in [6.07, 6.45) is 3.08. The summed E-state index contributed by atoms with van der Waals surface area (Å²) >= 11 is 0. The predicted octanol–water partition coefficient (Wildman–Crippen LogP) is 1.64. The quantitative estimate of drug-likeness (QED) is 0.635. The second-order valence-electron chi connectivity index (χ2n) is 4.01. The Bertz CT molecular complexity index is 148. The van der Waals surface area contributed by atoms with Crippen LogP contribution in [-0.4, -0.2) is 41.0 Å². The van der Waals surface area contributed by atoms with Crippen molar-refractivity contribution >= 4 is 0 Å². The maximum Gasteiger partial charge on any atom is 0.159 e. The molecule has 0 spiro atoms. The molecule has 0 aromatic heterocycles. The number of methoxy groups -OCH3 is 4. The number of rotatable bonds is 6. The monoisotopic (exact) mass is 218 g/mol. The first-order valence-electron chi connectivity index (χ1n) is 5.38. The van der Waals surface area contributed by atoms with E-state index in [0.29, 0.717) is 11.8 Å². The van der Waals surface area contributed by atoms with Crippen LogP contribution in [0.15, 0.2) is 0 Å². The Morgan fingerprint density at radius 3 is 1.33 bits per heavy atom. The molecule has 0 heterocycles. The van der Waals surface area contributed by atoms with Gasteiger partial charge in [0.1, 0.15) is 0 Å². The van der Waals surface area contributed by atoms with Crippen molar-refractivity contribution in [2.75, 3.05) is 28.4 Å². The van der Waals surface area contributed by atoms with Crippen molar-refractivity contribution in [2.24, 2.45) is 11.8 Å². The highest BCUT2D eigenvalue weighted by molar-refractivity contribution is 4.79. The fourth-order valence-corrected chi connectivity index (χ4v) is 2.51. The molecule has 15 heavy (non-hydrogen) atoms. The van der Waals surface area contributed by atoms with E-state index in [1.165, 1.54) is 0 Å². The molecule has 4 heteroatoms. The third kappa shape index (κ3) is 3.14. The van der Waals surface area contributed by atoms with Gasteiger partial charge in [-0.25, -0.2) is 0 Å². The van der Waals surface area contributed by atoms with Crippen LogP contribution in [0.25, 0.3) is 0 Å². The molecule has 0 radical (unpaired) electrons. The van der Waals surface area contributed by atoms with E-state index in [1.807, 2.05) is 0 Å². The molecular formula is C11H22O4. The molecule has 4 nitrogen and oxygen atoms in total. The van der Waals surface area contributed by atoms with Gasteiger partial charge in [0.05, 0.1) is 0 Å². The molecule has 0 amide bonds. The second-order valence-corrected chi connectivity index (χ2v) is 4.01. The van der Waals surface area contributed by atoms with E-state index in [1.54, 1.807) is 28.4 Å². The van der Waals surface area contributed by atoms with Gasteiger partial charge >= 0.3 is 0 Å². The molecule has 1 fully saturated rings. The molecule has 1 aliphatic rings. The highest BCUT2D eigenvalue weighted by atomic mass is 16.7. The first-order valence-corrected chi connectivity index (χ1v) is 5.38. The summed E-state index contributed by atoms with van der Waals surface area (Å²) in [5.74, 6) is 0.913. The fraction of sp³-hybridized carbons (Fsp3) is 1.00. The van der Waals surface area contributed by atoms with E-state index >= 15 is 0 Å². The first kappa shape index (κ1) is 12.9. The number of hydrogen-bond donors (Lipinski definition) is 0. The van der Waals surface area contributed by atoms with Crippen molar-refractivity contribution < 1.29 is 18.9 Å². The van der Waals surface area contributed by atoms with Crippen LogP contribution in [-0.2, 0) is 18.9 Å².